The molecule has 0 saturated carbocycles. The number of benzene rings is 1. The lowest BCUT2D eigenvalue weighted by Gasteiger charge is -2.29. The van der Waals surface area contributed by atoms with Crippen LogP contribution in [0.25, 0.3) is 0 Å². The van der Waals surface area contributed by atoms with Gasteiger partial charge in [0.05, 0.1) is 19.3 Å². The van der Waals surface area contributed by atoms with E-state index >= 15 is 0 Å². The van der Waals surface area contributed by atoms with E-state index in [4.69, 9.17) is 9.47 Å². The Morgan fingerprint density at radius 3 is 2.92 bits per heavy atom. The average Bonchev–Trinajstić information content (AvgIpc) is 3.08. The van der Waals surface area contributed by atoms with Crippen molar-refractivity contribution in [2.24, 2.45) is 0 Å². The molecule has 3 rings (SSSR count). The van der Waals surface area contributed by atoms with Crippen molar-refractivity contribution >= 4 is 11.9 Å². The number of methoxy groups -OCH3 is 1. The lowest BCUT2D eigenvalue weighted by molar-refractivity contribution is -0.136. The van der Waals surface area contributed by atoms with Crippen molar-refractivity contribution in [3.8, 4) is 5.75 Å². The summed E-state index contributed by atoms with van der Waals surface area (Å²) in [5, 5.41) is 7.40. The molecule has 25 heavy (non-hydrogen) atoms. The van der Waals surface area contributed by atoms with E-state index in [2.05, 4.69) is 22.3 Å². The van der Waals surface area contributed by atoms with Gasteiger partial charge in [0.25, 0.3) is 0 Å². The predicted octanol–water partition coefficient (Wildman–Crippen LogP) is 2.92. The third kappa shape index (κ3) is 3.22. The van der Waals surface area contributed by atoms with Crippen molar-refractivity contribution in [3.05, 3.63) is 47.4 Å². The molecule has 1 N–H and O–H groups in total. The topological polar surface area (TPSA) is 78.3 Å². The molecule has 0 bridgehead atoms. The predicted molar refractivity (Wildman–Crippen MR) is 93.3 cm³/mol. The van der Waals surface area contributed by atoms with Crippen LogP contribution in [0.4, 0.5) is 5.95 Å². The number of carbonyl (C=O) groups is 1. The summed E-state index contributed by atoms with van der Waals surface area (Å²) >= 11 is 0. The lowest BCUT2D eigenvalue weighted by Crippen LogP contribution is -2.29. The Kier molecular flexibility index (Phi) is 5.02. The van der Waals surface area contributed by atoms with Crippen LogP contribution in [-0.4, -0.2) is 34.5 Å². The first kappa shape index (κ1) is 17.0. The van der Waals surface area contributed by atoms with E-state index in [9.17, 15) is 4.79 Å². The summed E-state index contributed by atoms with van der Waals surface area (Å²) in [6.45, 7) is 4.57. The van der Waals surface area contributed by atoms with E-state index in [1.165, 1.54) is 13.4 Å². The summed E-state index contributed by atoms with van der Waals surface area (Å²) in [5.74, 6) is 0.913. The van der Waals surface area contributed by atoms with Crippen LogP contribution in [0.3, 0.4) is 0 Å². The van der Waals surface area contributed by atoms with Crippen LogP contribution in [0, 0.1) is 0 Å². The summed E-state index contributed by atoms with van der Waals surface area (Å²) in [7, 11) is 1.38. The fraction of sp³-hybridized carbons (Fsp3) is 0.389. The van der Waals surface area contributed by atoms with E-state index in [-0.39, 0.29) is 0 Å². The molecule has 0 fully saturated rings. The highest BCUT2D eigenvalue weighted by molar-refractivity contribution is 5.92. The zero-order valence-electron chi connectivity index (χ0n) is 14.7. The maximum Gasteiger partial charge on any atom is 0.338 e. The maximum atomic E-state index is 12.4. The Bertz CT molecular complexity index is 797. The Labute approximate surface area is 146 Å². The van der Waals surface area contributed by atoms with Gasteiger partial charge in [-0.15, -0.1) is 0 Å². The van der Waals surface area contributed by atoms with Gasteiger partial charge in [-0.2, -0.15) is 10.1 Å². The number of hydrogen-bond acceptors (Lipinski definition) is 6. The second-order valence-electron chi connectivity index (χ2n) is 5.83. The summed E-state index contributed by atoms with van der Waals surface area (Å²) < 4.78 is 12.6. The van der Waals surface area contributed by atoms with Crippen molar-refractivity contribution in [1.82, 2.24) is 14.8 Å². The largest absolute Gasteiger partial charge is 0.493 e. The van der Waals surface area contributed by atoms with Gasteiger partial charge in [-0.1, -0.05) is 31.5 Å². The quantitative estimate of drug-likeness (QED) is 0.642. The molecule has 0 unspecified atom stereocenters. The highest BCUT2D eigenvalue weighted by atomic mass is 16.5. The molecule has 2 heterocycles. The molecule has 0 saturated heterocycles. The fourth-order valence-corrected chi connectivity index (χ4v) is 2.92. The molecule has 2 aromatic rings. The second kappa shape index (κ2) is 7.38. The van der Waals surface area contributed by atoms with Crippen LogP contribution in [0.5, 0.6) is 5.75 Å². The molecular weight excluding hydrogens is 320 g/mol. The number of allylic oxidation sites excluding steroid dienone is 1. The molecule has 7 nitrogen and oxygen atoms in total. The Hall–Kier alpha value is -2.83. The number of nitrogens with one attached hydrogen (secondary N) is 1. The summed E-state index contributed by atoms with van der Waals surface area (Å²) in [4.78, 5) is 16.7. The molecule has 0 spiro atoms. The van der Waals surface area contributed by atoms with Crippen molar-refractivity contribution in [3.63, 3.8) is 0 Å². The van der Waals surface area contributed by atoms with Crippen LogP contribution >= 0.6 is 0 Å². The smallest absolute Gasteiger partial charge is 0.338 e. The third-order valence-electron chi connectivity index (χ3n) is 4.17. The van der Waals surface area contributed by atoms with Gasteiger partial charge in [-0.25, -0.2) is 9.48 Å². The fourth-order valence-electron chi connectivity index (χ4n) is 2.92. The van der Waals surface area contributed by atoms with Crippen LogP contribution in [0.1, 0.15) is 38.3 Å². The van der Waals surface area contributed by atoms with Crippen LogP contribution in [0.2, 0.25) is 0 Å². The minimum Gasteiger partial charge on any atom is -0.493 e. The average molecular weight is 342 g/mol. The van der Waals surface area contributed by atoms with Crippen molar-refractivity contribution in [2.75, 3.05) is 19.0 Å². The number of rotatable bonds is 6. The standard InChI is InChI=1S/C18H22N4O3/c1-4-5-10-25-14-9-7-6-8-13(14)16-15(17(23)24-3)12(2)21-18-19-11-20-22(16)18/h6-9,11,16H,4-5,10H2,1-3H3,(H,19,20,21)/t16-/m0/s1. The first-order chi connectivity index (χ1) is 12.2. The summed E-state index contributed by atoms with van der Waals surface area (Å²) in [5.41, 5.74) is 2.04. The number of anilines is 1. The van der Waals surface area contributed by atoms with E-state index < -0.39 is 12.0 Å². The van der Waals surface area contributed by atoms with E-state index in [1.807, 2.05) is 31.2 Å². The molecular formula is C18H22N4O3. The zero-order chi connectivity index (χ0) is 17.8. The molecule has 1 aliphatic heterocycles. The number of para-hydroxylation sites is 1. The Morgan fingerprint density at radius 2 is 2.16 bits per heavy atom. The molecule has 0 aliphatic carbocycles. The van der Waals surface area contributed by atoms with E-state index in [1.54, 1.807) is 4.68 Å². The Morgan fingerprint density at radius 1 is 1.36 bits per heavy atom. The summed E-state index contributed by atoms with van der Waals surface area (Å²) in [6, 6.07) is 7.24. The number of aromatic nitrogens is 3. The normalized spacial score (nSPS) is 16.2. The number of carbonyl (C=O) groups excluding carboxylic acids is 1. The molecule has 132 valence electrons. The van der Waals surface area contributed by atoms with E-state index in [0.717, 1.165) is 24.2 Å². The molecule has 0 amide bonds. The highest BCUT2D eigenvalue weighted by Crippen LogP contribution is 2.39. The minimum atomic E-state index is -0.455. The minimum absolute atomic E-state index is 0.403. The third-order valence-corrected chi connectivity index (χ3v) is 4.17. The van der Waals surface area contributed by atoms with Gasteiger partial charge in [0.1, 0.15) is 18.1 Å². The second-order valence-corrected chi connectivity index (χ2v) is 5.83. The molecule has 1 aliphatic rings. The SMILES string of the molecule is CCCCOc1ccccc1[C@H]1C(C(=O)OC)=C(C)Nc2ncnn21. The molecule has 1 aromatic carbocycles. The highest BCUT2D eigenvalue weighted by Gasteiger charge is 2.35. The van der Waals surface area contributed by atoms with Crippen LogP contribution in [0.15, 0.2) is 41.9 Å². The van der Waals surface area contributed by atoms with Crippen molar-refractivity contribution in [2.45, 2.75) is 32.7 Å². The van der Waals surface area contributed by atoms with Gasteiger partial charge >= 0.3 is 5.97 Å². The van der Waals surface area contributed by atoms with Gasteiger partial charge < -0.3 is 14.8 Å². The van der Waals surface area contributed by atoms with E-state index in [0.29, 0.717) is 23.8 Å². The van der Waals surface area contributed by atoms with Crippen molar-refractivity contribution in [1.29, 1.82) is 0 Å². The van der Waals surface area contributed by atoms with Crippen molar-refractivity contribution < 1.29 is 14.3 Å². The zero-order valence-corrected chi connectivity index (χ0v) is 14.7. The van der Waals surface area contributed by atoms with Gasteiger partial charge in [0, 0.05) is 11.3 Å². The maximum absolute atomic E-state index is 12.4. The molecule has 0 radical (unpaired) electrons. The number of ether oxygens (including phenoxy) is 2. The lowest BCUT2D eigenvalue weighted by atomic mass is 9.95. The number of unbranched alkanes of at least 4 members (excludes halogenated alkanes) is 1. The first-order valence-corrected chi connectivity index (χ1v) is 8.34. The number of hydrogen-bond donors (Lipinski definition) is 1. The number of nitrogens with zero attached hydrogens (tertiary/aromatic N) is 3. The number of fused-ring (bicyclic) bond motifs is 1. The van der Waals surface area contributed by atoms with Crippen LogP contribution < -0.4 is 10.1 Å². The first-order valence-electron chi connectivity index (χ1n) is 8.34. The van der Waals surface area contributed by atoms with Gasteiger partial charge in [0.2, 0.25) is 5.95 Å². The summed E-state index contributed by atoms with van der Waals surface area (Å²) in [6.07, 6.45) is 3.48. The number of esters is 1. The Balaban J connectivity index is 2.09. The van der Waals surface area contributed by atoms with Gasteiger partial charge in [-0.3, -0.25) is 0 Å². The van der Waals surface area contributed by atoms with Crippen LogP contribution in [-0.2, 0) is 9.53 Å². The molecule has 1 aromatic heterocycles. The monoisotopic (exact) mass is 342 g/mol. The van der Waals surface area contributed by atoms with Gasteiger partial charge in [-0.05, 0) is 19.4 Å². The molecule has 1 atom stereocenters. The molecule has 7 heteroatoms. The van der Waals surface area contributed by atoms with Gasteiger partial charge in [0.15, 0.2) is 0 Å².